The number of hydrogen-bond donors (Lipinski definition) is 0. The molecule has 1 aliphatic carbocycles. The normalized spacial score (nSPS) is 19.5. The van der Waals surface area contributed by atoms with Crippen LogP contribution in [0.5, 0.6) is 0 Å². The summed E-state index contributed by atoms with van der Waals surface area (Å²) < 4.78 is 6.09. The summed E-state index contributed by atoms with van der Waals surface area (Å²) in [5.74, 6) is 0.569. The Hall–Kier alpha value is -0.610. The van der Waals surface area contributed by atoms with E-state index >= 15 is 0 Å². The van der Waals surface area contributed by atoms with Crippen LogP contribution >= 0.6 is 15.9 Å². The Bertz CT molecular complexity index is 405. The first-order valence-corrected chi connectivity index (χ1v) is 6.82. The van der Waals surface area contributed by atoms with Gasteiger partial charge in [0.1, 0.15) is 0 Å². The van der Waals surface area contributed by atoms with Gasteiger partial charge in [-0.2, -0.15) is 0 Å². The monoisotopic (exact) mass is 299 g/mol. The average molecular weight is 300 g/mol. The molecule has 1 aliphatic rings. The summed E-state index contributed by atoms with van der Waals surface area (Å²) in [7, 11) is 3.97. The molecule has 0 atom stereocenters. The molecule has 0 aliphatic heterocycles. The van der Waals surface area contributed by atoms with Gasteiger partial charge in [0.25, 0.3) is 0 Å². The van der Waals surface area contributed by atoms with Gasteiger partial charge in [-0.05, 0) is 48.9 Å². The Morgan fingerprint density at radius 1 is 1.35 bits per heavy atom. The fraction of sp³-hybridized carbons (Fsp3) is 0.615. The number of carbonyl (C=O) groups excluding carboxylic acids is 1. The molecule has 1 heterocycles. The second-order valence-electron chi connectivity index (χ2n) is 4.91. The lowest BCUT2D eigenvalue weighted by atomic mass is 9.77. The molecule has 1 fully saturated rings. The van der Waals surface area contributed by atoms with Gasteiger partial charge in [-0.25, -0.2) is 0 Å². The van der Waals surface area contributed by atoms with E-state index in [1.807, 2.05) is 14.1 Å². The maximum atomic E-state index is 12.7. The first kappa shape index (κ1) is 12.8. The van der Waals surface area contributed by atoms with Gasteiger partial charge >= 0.3 is 0 Å². The molecule has 4 heteroatoms. The van der Waals surface area contributed by atoms with E-state index in [0.29, 0.717) is 5.76 Å². The molecule has 0 aromatic carbocycles. The summed E-state index contributed by atoms with van der Waals surface area (Å²) in [6, 6.07) is 1.78. The number of halogens is 1. The first-order chi connectivity index (χ1) is 8.08. The Kier molecular flexibility index (Phi) is 3.73. The van der Waals surface area contributed by atoms with E-state index in [2.05, 4.69) is 20.8 Å². The van der Waals surface area contributed by atoms with E-state index in [1.54, 1.807) is 12.3 Å². The van der Waals surface area contributed by atoms with Crippen molar-refractivity contribution in [2.24, 2.45) is 0 Å². The van der Waals surface area contributed by atoms with Crippen molar-refractivity contribution in [2.45, 2.75) is 37.6 Å². The van der Waals surface area contributed by atoms with Crippen molar-refractivity contribution in [3.05, 3.63) is 22.6 Å². The van der Waals surface area contributed by atoms with Crippen molar-refractivity contribution in [1.29, 1.82) is 0 Å². The largest absolute Gasteiger partial charge is 0.460 e. The van der Waals surface area contributed by atoms with Gasteiger partial charge in [-0.15, -0.1) is 0 Å². The quantitative estimate of drug-likeness (QED) is 0.801. The average Bonchev–Trinajstić information content (AvgIpc) is 2.75. The first-order valence-electron chi connectivity index (χ1n) is 6.03. The number of rotatable bonds is 3. The molecular formula is C13H18BrNO2. The maximum Gasteiger partial charge on any atom is 0.219 e. The van der Waals surface area contributed by atoms with Crippen LogP contribution in [0.1, 0.15) is 42.7 Å². The van der Waals surface area contributed by atoms with Gasteiger partial charge in [0.05, 0.1) is 16.3 Å². The molecule has 1 aromatic heterocycles. The van der Waals surface area contributed by atoms with Crippen molar-refractivity contribution in [2.75, 3.05) is 14.1 Å². The minimum atomic E-state index is -0.376. The highest BCUT2D eigenvalue weighted by Gasteiger charge is 2.43. The van der Waals surface area contributed by atoms with Gasteiger partial charge in [0, 0.05) is 0 Å². The molecule has 0 N–H and O–H groups in total. The second-order valence-corrected chi connectivity index (χ2v) is 5.77. The maximum absolute atomic E-state index is 12.7. The van der Waals surface area contributed by atoms with Crippen LogP contribution < -0.4 is 0 Å². The van der Waals surface area contributed by atoms with E-state index in [9.17, 15) is 4.79 Å². The van der Waals surface area contributed by atoms with Crippen molar-refractivity contribution in [3.63, 3.8) is 0 Å². The molecule has 0 saturated heterocycles. The summed E-state index contributed by atoms with van der Waals surface area (Å²) in [6.45, 7) is 0. The van der Waals surface area contributed by atoms with Crippen LogP contribution in [0.2, 0.25) is 0 Å². The topological polar surface area (TPSA) is 33.5 Å². The smallest absolute Gasteiger partial charge is 0.219 e. The van der Waals surface area contributed by atoms with Crippen LogP contribution in [0.4, 0.5) is 0 Å². The summed E-state index contributed by atoms with van der Waals surface area (Å²) in [4.78, 5) is 14.7. The van der Waals surface area contributed by atoms with Crippen LogP contribution in [-0.2, 0) is 0 Å². The zero-order chi connectivity index (χ0) is 12.5. The standard InChI is InChI=1S/C13H18BrNO2/c1-15(2)13(7-4-3-5-8-13)12(16)11-10(14)6-9-17-11/h6,9H,3-5,7-8H2,1-2H3. The summed E-state index contributed by atoms with van der Waals surface area (Å²) in [5.41, 5.74) is -0.376. The van der Waals surface area contributed by atoms with E-state index < -0.39 is 0 Å². The van der Waals surface area contributed by atoms with Crippen LogP contribution in [0.3, 0.4) is 0 Å². The Labute approximate surface area is 110 Å². The molecule has 0 amide bonds. The molecule has 94 valence electrons. The van der Waals surface area contributed by atoms with E-state index in [1.165, 1.54) is 6.42 Å². The number of furan rings is 1. The number of hydrogen-bond acceptors (Lipinski definition) is 3. The van der Waals surface area contributed by atoms with E-state index in [-0.39, 0.29) is 11.3 Å². The van der Waals surface area contributed by atoms with Crippen LogP contribution in [0, 0.1) is 0 Å². The van der Waals surface area contributed by atoms with Crippen molar-refractivity contribution < 1.29 is 9.21 Å². The Morgan fingerprint density at radius 3 is 2.47 bits per heavy atom. The van der Waals surface area contributed by atoms with Crippen LogP contribution in [0.15, 0.2) is 21.2 Å². The molecule has 17 heavy (non-hydrogen) atoms. The number of likely N-dealkylation sites (N-methyl/N-ethyl adjacent to an activating group) is 1. The molecule has 1 saturated carbocycles. The number of Topliss-reactive ketones (excluding diaryl/α,β-unsaturated/α-hetero) is 1. The molecule has 0 spiro atoms. The molecule has 1 aromatic rings. The minimum Gasteiger partial charge on any atom is -0.460 e. The van der Waals surface area contributed by atoms with Crippen LogP contribution in [0.25, 0.3) is 0 Å². The summed E-state index contributed by atoms with van der Waals surface area (Å²) in [5, 5.41) is 0. The summed E-state index contributed by atoms with van der Waals surface area (Å²) in [6.07, 6.45) is 6.86. The van der Waals surface area contributed by atoms with E-state index in [0.717, 1.165) is 30.2 Å². The van der Waals surface area contributed by atoms with Crippen molar-refractivity contribution >= 4 is 21.7 Å². The van der Waals surface area contributed by atoms with Gasteiger partial charge in [0.15, 0.2) is 5.76 Å². The van der Waals surface area contributed by atoms with Gasteiger partial charge < -0.3 is 4.42 Å². The Balaban J connectivity index is 2.34. The van der Waals surface area contributed by atoms with Gasteiger partial charge in [-0.1, -0.05) is 19.3 Å². The predicted octanol–water partition coefficient (Wildman–Crippen LogP) is 3.49. The van der Waals surface area contributed by atoms with E-state index in [4.69, 9.17) is 4.42 Å². The molecule has 0 radical (unpaired) electrons. The van der Waals surface area contributed by atoms with Gasteiger partial charge in [0.2, 0.25) is 5.78 Å². The zero-order valence-electron chi connectivity index (χ0n) is 10.3. The third kappa shape index (κ3) is 2.20. The highest BCUT2D eigenvalue weighted by molar-refractivity contribution is 9.10. The second kappa shape index (κ2) is 4.94. The number of nitrogens with zero attached hydrogens (tertiary/aromatic N) is 1. The fourth-order valence-corrected chi connectivity index (χ4v) is 3.06. The number of carbonyl (C=O) groups is 1. The zero-order valence-corrected chi connectivity index (χ0v) is 11.9. The predicted molar refractivity (Wildman–Crippen MR) is 70.2 cm³/mol. The number of ketones is 1. The molecule has 0 bridgehead atoms. The molecular weight excluding hydrogens is 282 g/mol. The molecule has 3 nitrogen and oxygen atoms in total. The van der Waals surface area contributed by atoms with Crippen molar-refractivity contribution in [1.82, 2.24) is 4.90 Å². The lowest BCUT2D eigenvalue weighted by Gasteiger charge is -2.40. The highest BCUT2D eigenvalue weighted by atomic mass is 79.9. The lowest BCUT2D eigenvalue weighted by molar-refractivity contribution is 0.0533. The van der Waals surface area contributed by atoms with Crippen molar-refractivity contribution in [3.8, 4) is 0 Å². The Morgan fingerprint density at radius 2 is 2.00 bits per heavy atom. The third-order valence-electron chi connectivity index (χ3n) is 3.78. The fourth-order valence-electron chi connectivity index (χ4n) is 2.68. The SMILES string of the molecule is CN(C)C1(C(=O)c2occc2Br)CCCCC1. The lowest BCUT2D eigenvalue weighted by Crippen LogP contribution is -2.52. The summed E-state index contributed by atoms with van der Waals surface area (Å²) >= 11 is 3.37. The highest BCUT2D eigenvalue weighted by Crippen LogP contribution is 2.36. The minimum absolute atomic E-state index is 0.110. The molecule has 0 unspecified atom stereocenters. The third-order valence-corrected chi connectivity index (χ3v) is 4.41. The van der Waals surface area contributed by atoms with Crippen LogP contribution in [-0.4, -0.2) is 30.3 Å². The van der Waals surface area contributed by atoms with Gasteiger partial charge in [-0.3, -0.25) is 9.69 Å². The molecule has 2 rings (SSSR count).